The van der Waals surface area contributed by atoms with Gasteiger partial charge in [0.1, 0.15) is 0 Å². The molecule has 0 aromatic heterocycles. The molecule has 0 bridgehead atoms. The predicted octanol–water partition coefficient (Wildman–Crippen LogP) is 1.76. The van der Waals surface area contributed by atoms with E-state index in [9.17, 15) is 0 Å². The molecule has 0 aliphatic rings. The van der Waals surface area contributed by atoms with E-state index in [2.05, 4.69) is 16.2 Å². The summed E-state index contributed by atoms with van der Waals surface area (Å²) in [6.45, 7) is 2.05. The molecule has 0 fully saturated rings. The highest BCUT2D eigenvalue weighted by molar-refractivity contribution is 7.20. The van der Waals surface area contributed by atoms with Gasteiger partial charge in [-0.3, -0.25) is 0 Å². The molecule has 0 saturated carbocycles. The SMILES string of the molecule is CC/C(=C/P)OC. The number of methoxy groups -OCH3 is 1. The van der Waals surface area contributed by atoms with Crippen LogP contribution in [0.25, 0.3) is 0 Å². The summed E-state index contributed by atoms with van der Waals surface area (Å²) in [4.78, 5) is 0. The van der Waals surface area contributed by atoms with Crippen molar-refractivity contribution in [3.63, 3.8) is 0 Å². The van der Waals surface area contributed by atoms with Gasteiger partial charge in [-0.1, -0.05) is 6.92 Å². The summed E-state index contributed by atoms with van der Waals surface area (Å²) in [7, 11) is 4.18. The fourth-order valence-corrected chi connectivity index (χ4v) is 0.702. The van der Waals surface area contributed by atoms with E-state index in [0.29, 0.717) is 0 Å². The van der Waals surface area contributed by atoms with Crippen LogP contribution in [-0.2, 0) is 4.74 Å². The molecule has 1 unspecified atom stereocenters. The molecule has 1 atom stereocenters. The van der Waals surface area contributed by atoms with E-state index in [1.807, 2.05) is 5.82 Å². The van der Waals surface area contributed by atoms with Gasteiger partial charge < -0.3 is 4.74 Å². The van der Waals surface area contributed by atoms with Gasteiger partial charge in [-0.25, -0.2) is 0 Å². The lowest BCUT2D eigenvalue weighted by Gasteiger charge is -1.97. The Labute approximate surface area is 47.0 Å². The maximum atomic E-state index is 4.89. The van der Waals surface area contributed by atoms with Crippen LogP contribution in [0.1, 0.15) is 13.3 Å². The third-order valence-corrected chi connectivity index (χ3v) is 1.17. The maximum Gasteiger partial charge on any atom is 0.0952 e. The molecule has 0 amide bonds. The molecule has 0 aromatic rings. The van der Waals surface area contributed by atoms with Gasteiger partial charge in [0.2, 0.25) is 0 Å². The van der Waals surface area contributed by atoms with E-state index in [1.165, 1.54) is 0 Å². The molecule has 7 heavy (non-hydrogen) atoms. The van der Waals surface area contributed by atoms with Crippen LogP contribution >= 0.6 is 9.24 Å². The van der Waals surface area contributed by atoms with Crippen molar-refractivity contribution in [2.45, 2.75) is 13.3 Å². The Kier molecular flexibility index (Phi) is 4.12. The molecule has 0 aromatic carbocycles. The largest absolute Gasteiger partial charge is 0.501 e. The standard InChI is InChI=1S/C5H11OP/c1-3-5(4-7)6-2/h4H,3,7H2,1-2H3/b5-4-. The van der Waals surface area contributed by atoms with E-state index in [-0.39, 0.29) is 0 Å². The molecule has 0 aliphatic carbocycles. The van der Waals surface area contributed by atoms with Crippen molar-refractivity contribution in [1.29, 1.82) is 0 Å². The van der Waals surface area contributed by atoms with E-state index in [4.69, 9.17) is 4.74 Å². The average Bonchev–Trinajstić information content (AvgIpc) is 1.72. The second-order valence-corrected chi connectivity index (χ2v) is 1.52. The van der Waals surface area contributed by atoms with E-state index in [0.717, 1.165) is 12.2 Å². The third-order valence-electron chi connectivity index (χ3n) is 0.797. The van der Waals surface area contributed by atoms with Crippen molar-refractivity contribution in [2.24, 2.45) is 0 Å². The fraction of sp³-hybridized carbons (Fsp3) is 0.600. The molecule has 0 N–H and O–H groups in total. The Balaban J connectivity index is 3.38. The maximum absolute atomic E-state index is 4.89. The molecule has 1 nitrogen and oxygen atoms in total. The number of hydrogen-bond acceptors (Lipinski definition) is 1. The third kappa shape index (κ3) is 2.64. The highest BCUT2D eigenvalue weighted by Gasteiger charge is 1.82. The van der Waals surface area contributed by atoms with Crippen molar-refractivity contribution in [3.8, 4) is 0 Å². The monoisotopic (exact) mass is 118 g/mol. The number of allylic oxidation sites excluding steroid dienone is 1. The van der Waals surface area contributed by atoms with Crippen LogP contribution in [0.5, 0.6) is 0 Å². The van der Waals surface area contributed by atoms with Gasteiger partial charge in [0.15, 0.2) is 0 Å². The molecule has 0 radical (unpaired) electrons. The summed E-state index contributed by atoms with van der Waals surface area (Å²) in [5, 5.41) is 0. The van der Waals surface area contributed by atoms with Crippen molar-refractivity contribution >= 4 is 9.24 Å². The first kappa shape index (κ1) is 6.97. The van der Waals surface area contributed by atoms with Gasteiger partial charge >= 0.3 is 0 Å². The first-order chi connectivity index (χ1) is 3.35. The van der Waals surface area contributed by atoms with Gasteiger partial charge in [0, 0.05) is 6.42 Å². The first-order valence-electron chi connectivity index (χ1n) is 2.30. The number of rotatable bonds is 2. The zero-order valence-corrected chi connectivity index (χ0v) is 5.92. The van der Waals surface area contributed by atoms with Gasteiger partial charge in [-0.2, -0.15) is 0 Å². The first-order valence-corrected chi connectivity index (χ1v) is 2.96. The highest BCUT2D eigenvalue weighted by Crippen LogP contribution is 2.02. The number of ether oxygens (including phenoxy) is 1. The minimum atomic E-state index is 0.972. The van der Waals surface area contributed by atoms with Crippen molar-refractivity contribution in [1.82, 2.24) is 0 Å². The Morgan fingerprint density at radius 3 is 2.43 bits per heavy atom. The van der Waals surface area contributed by atoms with E-state index >= 15 is 0 Å². The molecular formula is C5H11OP. The molecule has 2 heteroatoms. The zero-order chi connectivity index (χ0) is 5.70. The van der Waals surface area contributed by atoms with E-state index in [1.54, 1.807) is 7.11 Å². The Bertz CT molecular complexity index is 62.5. The van der Waals surface area contributed by atoms with Gasteiger partial charge in [0.05, 0.1) is 12.9 Å². The van der Waals surface area contributed by atoms with Crippen LogP contribution in [0, 0.1) is 0 Å². The average molecular weight is 118 g/mol. The second kappa shape index (κ2) is 4.14. The second-order valence-electron chi connectivity index (χ2n) is 1.19. The minimum absolute atomic E-state index is 0.972. The Hall–Kier alpha value is -0.0300. The molecule has 0 aliphatic heterocycles. The molecule has 0 spiro atoms. The Morgan fingerprint density at radius 1 is 1.86 bits per heavy atom. The topological polar surface area (TPSA) is 9.23 Å². The van der Waals surface area contributed by atoms with Crippen LogP contribution in [-0.4, -0.2) is 7.11 Å². The normalized spacial score (nSPS) is 11.6. The van der Waals surface area contributed by atoms with Gasteiger partial charge in [-0.15, -0.1) is 9.24 Å². The fourth-order valence-electron chi connectivity index (χ4n) is 0.330. The summed E-state index contributed by atoms with van der Waals surface area (Å²) < 4.78 is 4.89. The summed E-state index contributed by atoms with van der Waals surface area (Å²) in [5.41, 5.74) is 0. The highest BCUT2D eigenvalue weighted by atomic mass is 31.0. The lowest BCUT2D eigenvalue weighted by molar-refractivity contribution is 0.282. The summed E-state index contributed by atoms with van der Waals surface area (Å²) in [5.74, 6) is 2.91. The van der Waals surface area contributed by atoms with Crippen molar-refractivity contribution in [2.75, 3.05) is 7.11 Å². The van der Waals surface area contributed by atoms with Crippen LogP contribution in [0.15, 0.2) is 11.6 Å². The van der Waals surface area contributed by atoms with Gasteiger partial charge in [0.25, 0.3) is 0 Å². The van der Waals surface area contributed by atoms with Crippen LogP contribution in [0.3, 0.4) is 0 Å². The smallest absolute Gasteiger partial charge is 0.0952 e. The zero-order valence-electron chi connectivity index (χ0n) is 4.77. The quantitative estimate of drug-likeness (QED) is 0.396. The van der Waals surface area contributed by atoms with Crippen LogP contribution in [0.4, 0.5) is 0 Å². The van der Waals surface area contributed by atoms with Gasteiger partial charge in [-0.05, 0) is 5.82 Å². The molecule has 42 valence electrons. The summed E-state index contributed by atoms with van der Waals surface area (Å²) >= 11 is 0. The predicted molar refractivity (Wildman–Crippen MR) is 35.1 cm³/mol. The van der Waals surface area contributed by atoms with Crippen molar-refractivity contribution < 1.29 is 4.74 Å². The van der Waals surface area contributed by atoms with E-state index < -0.39 is 0 Å². The van der Waals surface area contributed by atoms with Crippen molar-refractivity contribution in [3.05, 3.63) is 11.6 Å². The molecule has 0 rings (SSSR count). The molecular weight excluding hydrogens is 107 g/mol. The van der Waals surface area contributed by atoms with Crippen LogP contribution < -0.4 is 0 Å². The molecule has 0 heterocycles. The number of hydrogen-bond donors (Lipinski definition) is 0. The Morgan fingerprint density at radius 2 is 2.43 bits per heavy atom. The molecule has 0 saturated heterocycles. The summed E-state index contributed by atoms with van der Waals surface area (Å²) in [6.07, 6.45) is 0.972. The minimum Gasteiger partial charge on any atom is -0.501 e. The van der Waals surface area contributed by atoms with Crippen LogP contribution in [0.2, 0.25) is 0 Å². The lowest BCUT2D eigenvalue weighted by Crippen LogP contribution is -1.79. The summed E-state index contributed by atoms with van der Waals surface area (Å²) in [6, 6.07) is 0. The lowest BCUT2D eigenvalue weighted by atomic mass is 10.4.